The fourth-order valence-corrected chi connectivity index (χ4v) is 1.08. The average Bonchev–Trinajstić information content (AvgIpc) is 2.29. The van der Waals surface area contributed by atoms with Crippen LogP contribution in [0.4, 0.5) is 5.69 Å². The van der Waals surface area contributed by atoms with Crippen molar-refractivity contribution < 1.29 is 9.72 Å². The van der Waals surface area contributed by atoms with Gasteiger partial charge in [0.1, 0.15) is 5.78 Å². The van der Waals surface area contributed by atoms with Crippen molar-refractivity contribution in [3.8, 4) is 0 Å². The molecule has 16 heavy (non-hydrogen) atoms. The minimum absolute atomic E-state index is 0.114. The first-order valence-electron chi connectivity index (χ1n) is 4.92. The maximum Gasteiger partial charge on any atom is 0.269 e. The topological polar surface area (TPSA) is 60.2 Å². The average molecular weight is 288 g/mol. The number of hydrogen-bond acceptors (Lipinski definition) is 3. The second-order valence-corrected chi connectivity index (χ2v) is 3.89. The number of carbonyl (C=O) groups excluding carboxylic acids is 1. The van der Waals surface area contributed by atoms with Crippen molar-refractivity contribution in [1.82, 2.24) is 0 Å². The van der Waals surface area contributed by atoms with E-state index < -0.39 is 4.92 Å². The van der Waals surface area contributed by atoms with Crippen LogP contribution in [0.5, 0.6) is 0 Å². The molecule has 1 aromatic carbocycles. The summed E-state index contributed by atoms with van der Waals surface area (Å²) in [5.74, 6) is 0.343. The van der Waals surface area contributed by atoms with Gasteiger partial charge in [-0.05, 0) is 12.1 Å². The number of benzene rings is 1. The summed E-state index contributed by atoms with van der Waals surface area (Å²) >= 11 is 3.17. The molecule has 4 nitrogen and oxygen atoms in total. The van der Waals surface area contributed by atoms with E-state index in [1.54, 1.807) is 12.1 Å². The van der Waals surface area contributed by atoms with Gasteiger partial charge in [-0.25, -0.2) is 0 Å². The van der Waals surface area contributed by atoms with Crippen LogP contribution in [-0.2, 0) is 4.79 Å². The number of hydrogen-bond donors (Lipinski definition) is 0. The number of halogens is 1. The summed E-state index contributed by atoms with van der Waals surface area (Å²) in [7, 11) is 0. The van der Waals surface area contributed by atoms with Crippen LogP contribution in [0.15, 0.2) is 28.7 Å². The van der Waals surface area contributed by atoms with Crippen molar-refractivity contribution in [2.45, 2.75) is 26.7 Å². The van der Waals surface area contributed by atoms with Crippen molar-refractivity contribution in [2.75, 3.05) is 0 Å². The van der Waals surface area contributed by atoms with Crippen molar-refractivity contribution in [1.29, 1.82) is 0 Å². The molecule has 0 N–H and O–H groups in total. The first-order valence-corrected chi connectivity index (χ1v) is 5.72. The second-order valence-electron chi connectivity index (χ2n) is 2.98. The van der Waals surface area contributed by atoms with E-state index in [4.69, 9.17) is 0 Å². The number of non-ortho nitro benzene ring substituents is 1. The predicted octanol–water partition coefficient (Wildman–Crippen LogP) is 3.73. The highest BCUT2D eigenvalue weighted by molar-refractivity contribution is 9.10. The molecule has 1 rings (SSSR count). The number of nitro benzene ring substituents is 1. The lowest BCUT2D eigenvalue weighted by atomic mass is 10.3. The highest BCUT2D eigenvalue weighted by Gasteiger charge is 2.01. The van der Waals surface area contributed by atoms with Crippen molar-refractivity contribution in [3.05, 3.63) is 38.9 Å². The standard InChI is InChI=1S/C6H4BrNO2.C5H10O/c7-5-1-3-6(4-2-5)8(9)10;1-3-5(6)4-2/h1-4H;3-4H2,1-2H3. The Kier molecular flexibility index (Phi) is 7.37. The van der Waals surface area contributed by atoms with Gasteiger partial charge in [-0.3, -0.25) is 14.9 Å². The molecule has 0 saturated heterocycles. The predicted molar refractivity (Wildman–Crippen MR) is 66.4 cm³/mol. The van der Waals surface area contributed by atoms with E-state index >= 15 is 0 Å². The molecule has 0 fully saturated rings. The van der Waals surface area contributed by atoms with Crippen LogP contribution < -0.4 is 0 Å². The van der Waals surface area contributed by atoms with E-state index in [0.29, 0.717) is 18.6 Å². The van der Waals surface area contributed by atoms with Crippen LogP contribution >= 0.6 is 15.9 Å². The minimum Gasteiger partial charge on any atom is -0.300 e. The molecule has 0 aromatic heterocycles. The van der Waals surface area contributed by atoms with Gasteiger partial charge in [-0.15, -0.1) is 0 Å². The Labute approximate surface area is 103 Å². The first-order chi connectivity index (χ1) is 7.51. The van der Waals surface area contributed by atoms with Crippen LogP contribution in [0.1, 0.15) is 26.7 Å². The minimum atomic E-state index is -0.424. The van der Waals surface area contributed by atoms with Gasteiger partial charge in [0.2, 0.25) is 0 Å². The smallest absolute Gasteiger partial charge is 0.269 e. The Morgan fingerprint density at radius 3 is 1.94 bits per heavy atom. The monoisotopic (exact) mass is 287 g/mol. The Balaban J connectivity index is 0.000000325. The fourth-order valence-electron chi connectivity index (χ4n) is 0.813. The summed E-state index contributed by atoms with van der Waals surface area (Å²) in [5, 5.41) is 10.1. The highest BCUT2D eigenvalue weighted by Crippen LogP contribution is 2.15. The molecule has 0 aliphatic carbocycles. The SMILES string of the molecule is CCC(=O)CC.O=[N+]([O-])c1ccc(Br)cc1. The van der Waals surface area contributed by atoms with Gasteiger partial charge < -0.3 is 0 Å². The third-order valence-corrected chi connectivity index (χ3v) is 2.35. The molecular formula is C11H14BrNO3. The summed E-state index contributed by atoms with van der Waals surface area (Å²) < 4.78 is 0.845. The van der Waals surface area contributed by atoms with Crippen LogP contribution in [0.2, 0.25) is 0 Å². The molecule has 0 radical (unpaired) electrons. The van der Waals surface area contributed by atoms with Crippen LogP contribution in [0.25, 0.3) is 0 Å². The molecule has 0 aliphatic heterocycles. The summed E-state index contributed by atoms with van der Waals surface area (Å²) in [6.45, 7) is 3.76. The molecule has 0 spiro atoms. The maximum absolute atomic E-state index is 10.2. The lowest BCUT2D eigenvalue weighted by Crippen LogP contribution is -1.88. The second kappa shape index (κ2) is 7.98. The number of carbonyl (C=O) groups is 1. The third kappa shape index (κ3) is 6.29. The normalized spacial score (nSPS) is 8.94. The Morgan fingerprint density at radius 2 is 1.69 bits per heavy atom. The molecule has 0 amide bonds. The number of ketones is 1. The summed E-state index contributed by atoms with van der Waals surface area (Å²) in [6, 6.07) is 6.17. The van der Waals surface area contributed by atoms with Crippen LogP contribution in [0.3, 0.4) is 0 Å². The van der Waals surface area contributed by atoms with Gasteiger partial charge in [-0.1, -0.05) is 29.8 Å². The van der Waals surface area contributed by atoms with Gasteiger partial charge in [0, 0.05) is 29.4 Å². The van der Waals surface area contributed by atoms with Gasteiger partial charge >= 0.3 is 0 Å². The van der Waals surface area contributed by atoms with Gasteiger partial charge in [0.25, 0.3) is 5.69 Å². The molecule has 0 atom stereocenters. The Bertz CT molecular complexity index is 343. The van der Waals surface area contributed by atoms with Gasteiger partial charge in [0.05, 0.1) is 4.92 Å². The molecule has 0 bridgehead atoms. The van der Waals surface area contributed by atoms with Gasteiger partial charge in [0.15, 0.2) is 0 Å². The Hall–Kier alpha value is -1.23. The van der Waals surface area contributed by atoms with E-state index in [2.05, 4.69) is 15.9 Å². The quantitative estimate of drug-likeness (QED) is 0.629. The van der Waals surface area contributed by atoms with Crippen LogP contribution in [0, 0.1) is 10.1 Å². The zero-order valence-corrected chi connectivity index (χ0v) is 10.9. The molecule has 88 valence electrons. The lowest BCUT2D eigenvalue weighted by Gasteiger charge is -1.88. The lowest BCUT2D eigenvalue weighted by molar-refractivity contribution is -0.384. The highest BCUT2D eigenvalue weighted by atomic mass is 79.9. The van der Waals surface area contributed by atoms with E-state index in [-0.39, 0.29) is 5.69 Å². The Morgan fingerprint density at radius 1 is 1.25 bits per heavy atom. The molecule has 0 saturated carbocycles. The molecule has 0 heterocycles. The number of nitro groups is 1. The molecule has 0 aliphatic rings. The molecule has 1 aromatic rings. The summed E-state index contributed by atoms with van der Waals surface area (Å²) in [4.78, 5) is 19.9. The maximum atomic E-state index is 10.2. The van der Waals surface area contributed by atoms with Crippen LogP contribution in [-0.4, -0.2) is 10.7 Å². The molecule has 0 unspecified atom stereocenters. The summed E-state index contributed by atoms with van der Waals surface area (Å²) in [5.41, 5.74) is 0.114. The largest absolute Gasteiger partial charge is 0.300 e. The van der Waals surface area contributed by atoms with Gasteiger partial charge in [-0.2, -0.15) is 0 Å². The summed E-state index contributed by atoms with van der Waals surface area (Å²) in [6.07, 6.45) is 1.38. The first kappa shape index (κ1) is 14.8. The van der Waals surface area contributed by atoms with E-state index in [1.807, 2.05) is 13.8 Å². The van der Waals surface area contributed by atoms with E-state index in [0.717, 1.165) is 4.47 Å². The fraction of sp³-hybridized carbons (Fsp3) is 0.364. The molecule has 5 heteroatoms. The zero-order valence-electron chi connectivity index (χ0n) is 9.27. The number of nitrogens with zero attached hydrogens (tertiary/aromatic N) is 1. The number of rotatable bonds is 3. The van der Waals surface area contributed by atoms with Crippen molar-refractivity contribution in [2.24, 2.45) is 0 Å². The molecular weight excluding hydrogens is 274 g/mol. The van der Waals surface area contributed by atoms with Crippen molar-refractivity contribution >= 4 is 27.4 Å². The van der Waals surface area contributed by atoms with E-state index in [1.165, 1.54) is 12.1 Å². The number of Topliss-reactive ketones (excluding diaryl/α,β-unsaturated/α-hetero) is 1. The van der Waals surface area contributed by atoms with E-state index in [9.17, 15) is 14.9 Å². The zero-order chi connectivity index (χ0) is 12.6. The van der Waals surface area contributed by atoms with Crippen molar-refractivity contribution in [3.63, 3.8) is 0 Å². The third-order valence-electron chi connectivity index (χ3n) is 1.83.